The van der Waals surface area contributed by atoms with E-state index in [1.54, 1.807) is 56.3 Å². The standard InChI is InChI=1S/C21H22N4O4/c1-12-11-15(19(26)22-2)17-18(24-29-20(17)23-12)16-5-4-10-25(16)21(27)13-6-8-14(28-3)9-7-13/h6-9,11,16H,4-5,10H2,1-3H3,(H,22,26). The number of fused-ring (bicyclic) bond motifs is 1. The van der Waals surface area contributed by atoms with Gasteiger partial charge in [-0.3, -0.25) is 9.59 Å². The van der Waals surface area contributed by atoms with Gasteiger partial charge in [0.2, 0.25) is 0 Å². The number of aryl methyl sites for hydroxylation is 1. The Labute approximate surface area is 167 Å². The Bertz CT molecular complexity index is 1070. The molecule has 3 heterocycles. The molecule has 0 aliphatic carbocycles. The second kappa shape index (κ2) is 7.54. The van der Waals surface area contributed by atoms with Crippen LogP contribution in [-0.4, -0.2) is 47.6 Å². The number of amides is 2. The number of nitrogens with one attached hydrogen (secondary N) is 1. The largest absolute Gasteiger partial charge is 0.497 e. The van der Waals surface area contributed by atoms with Gasteiger partial charge < -0.3 is 19.5 Å². The average molecular weight is 394 g/mol. The van der Waals surface area contributed by atoms with Crippen molar-refractivity contribution in [3.63, 3.8) is 0 Å². The van der Waals surface area contributed by atoms with Gasteiger partial charge in [-0.2, -0.15) is 0 Å². The van der Waals surface area contributed by atoms with Crippen LogP contribution in [0.25, 0.3) is 11.1 Å². The van der Waals surface area contributed by atoms with E-state index in [2.05, 4.69) is 15.5 Å². The minimum atomic E-state index is -0.279. The maximum Gasteiger partial charge on any atom is 0.259 e. The first-order valence-electron chi connectivity index (χ1n) is 9.47. The van der Waals surface area contributed by atoms with E-state index in [0.717, 1.165) is 12.8 Å². The zero-order chi connectivity index (χ0) is 20.5. The van der Waals surface area contributed by atoms with E-state index in [1.807, 2.05) is 0 Å². The van der Waals surface area contributed by atoms with Crippen LogP contribution in [0.4, 0.5) is 0 Å². The molecule has 1 aliphatic heterocycles. The molecule has 150 valence electrons. The number of nitrogens with zero attached hydrogens (tertiary/aromatic N) is 3. The molecular weight excluding hydrogens is 372 g/mol. The van der Waals surface area contributed by atoms with Gasteiger partial charge in [0.1, 0.15) is 11.4 Å². The van der Waals surface area contributed by atoms with E-state index in [4.69, 9.17) is 9.26 Å². The van der Waals surface area contributed by atoms with Gasteiger partial charge in [0, 0.05) is 24.8 Å². The molecule has 0 spiro atoms. The number of pyridine rings is 1. The number of ether oxygens (including phenoxy) is 1. The van der Waals surface area contributed by atoms with E-state index < -0.39 is 0 Å². The quantitative estimate of drug-likeness (QED) is 0.731. The molecule has 1 unspecified atom stereocenters. The lowest BCUT2D eigenvalue weighted by Crippen LogP contribution is -2.31. The van der Waals surface area contributed by atoms with Gasteiger partial charge in [-0.1, -0.05) is 5.16 Å². The molecule has 8 nitrogen and oxygen atoms in total. The highest BCUT2D eigenvalue weighted by molar-refractivity contribution is 6.06. The maximum absolute atomic E-state index is 13.1. The van der Waals surface area contributed by atoms with Crippen molar-refractivity contribution in [2.24, 2.45) is 0 Å². The third-order valence-corrected chi connectivity index (χ3v) is 5.24. The molecular formula is C21H22N4O4. The summed E-state index contributed by atoms with van der Waals surface area (Å²) in [6.07, 6.45) is 1.58. The summed E-state index contributed by atoms with van der Waals surface area (Å²) in [5, 5.41) is 7.43. The van der Waals surface area contributed by atoms with E-state index in [-0.39, 0.29) is 17.9 Å². The van der Waals surface area contributed by atoms with Crippen molar-refractivity contribution in [3.05, 3.63) is 52.8 Å². The minimum absolute atomic E-state index is 0.0899. The molecule has 1 aliphatic rings. The Hall–Kier alpha value is -3.42. The molecule has 0 radical (unpaired) electrons. The van der Waals surface area contributed by atoms with Gasteiger partial charge in [0.05, 0.1) is 24.1 Å². The Kier molecular flexibility index (Phi) is 4.92. The lowest BCUT2D eigenvalue weighted by atomic mass is 10.0. The van der Waals surface area contributed by atoms with Crippen molar-refractivity contribution in [1.82, 2.24) is 20.4 Å². The zero-order valence-electron chi connectivity index (χ0n) is 16.6. The summed E-state index contributed by atoms with van der Waals surface area (Å²) in [5.74, 6) is 0.363. The number of carbonyl (C=O) groups excluding carboxylic acids is 2. The van der Waals surface area contributed by atoms with Crippen molar-refractivity contribution < 1.29 is 18.8 Å². The number of aromatic nitrogens is 2. The predicted octanol–water partition coefficient (Wildman–Crippen LogP) is 2.88. The summed E-state index contributed by atoms with van der Waals surface area (Å²) >= 11 is 0. The number of hydrogen-bond donors (Lipinski definition) is 1. The number of carbonyl (C=O) groups is 2. The minimum Gasteiger partial charge on any atom is -0.497 e. The molecule has 0 bridgehead atoms. The van der Waals surface area contributed by atoms with Crippen molar-refractivity contribution in [1.29, 1.82) is 0 Å². The van der Waals surface area contributed by atoms with E-state index in [1.165, 1.54) is 0 Å². The van der Waals surface area contributed by atoms with Gasteiger partial charge in [0.25, 0.3) is 17.5 Å². The molecule has 2 aromatic heterocycles. The molecule has 1 N–H and O–H groups in total. The summed E-state index contributed by atoms with van der Waals surface area (Å²) in [5.41, 5.74) is 2.57. The first-order chi connectivity index (χ1) is 14.0. The van der Waals surface area contributed by atoms with E-state index >= 15 is 0 Å². The van der Waals surface area contributed by atoms with E-state index in [9.17, 15) is 9.59 Å². The molecule has 1 saturated heterocycles. The SMILES string of the molecule is CNC(=O)c1cc(C)nc2onc(C3CCCN3C(=O)c3ccc(OC)cc3)c12. The van der Waals surface area contributed by atoms with Gasteiger partial charge in [-0.25, -0.2) is 4.98 Å². The highest BCUT2D eigenvalue weighted by atomic mass is 16.5. The zero-order valence-corrected chi connectivity index (χ0v) is 16.6. The van der Waals surface area contributed by atoms with Crippen LogP contribution >= 0.6 is 0 Å². The van der Waals surface area contributed by atoms with Crippen molar-refractivity contribution in [2.45, 2.75) is 25.8 Å². The van der Waals surface area contributed by atoms with E-state index in [0.29, 0.717) is 45.9 Å². The Morgan fingerprint density at radius 2 is 2.03 bits per heavy atom. The summed E-state index contributed by atoms with van der Waals surface area (Å²) in [6, 6.07) is 8.46. The van der Waals surface area contributed by atoms with Gasteiger partial charge in [-0.05, 0) is 50.1 Å². The third-order valence-electron chi connectivity index (χ3n) is 5.24. The number of likely N-dealkylation sites (tertiary alicyclic amines) is 1. The molecule has 29 heavy (non-hydrogen) atoms. The lowest BCUT2D eigenvalue weighted by molar-refractivity contribution is 0.0731. The molecule has 1 fully saturated rings. The summed E-state index contributed by atoms with van der Waals surface area (Å²) in [6.45, 7) is 2.40. The van der Waals surface area contributed by atoms with Crippen LogP contribution in [-0.2, 0) is 0 Å². The van der Waals surface area contributed by atoms with Gasteiger partial charge in [0.15, 0.2) is 0 Å². The third kappa shape index (κ3) is 3.30. The van der Waals surface area contributed by atoms with Crippen LogP contribution < -0.4 is 10.1 Å². The fraction of sp³-hybridized carbons (Fsp3) is 0.333. The van der Waals surface area contributed by atoms with Crippen molar-refractivity contribution in [3.8, 4) is 5.75 Å². The van der Waals surface area contributed by atoms with Crippen LogP contribution in [0, 0.1) is 6.92 Å². The molecule has 0 saturated carbocycles. The van der Waals surface area contributed by atoms with Crippen molar-refractivity contribution >= 4 is 22.9 Å². The summed E-state index contributed by atoms with van der Waals surface area (Å²) in [7, 11) is 3.16. The first kappa shape index (κ1) is 18.9. The number of benzene rings is 1. The maximum atomic E-state index is 13.1. The van der Waals surface area contributed by atoms with Crippen LogP contribution in [0.5, 0.6) is 5.75 Å². The van der Waals surface area contributed by atoms with Crippen LogP contribution in [0.3, 0.4) is 0 Å². The smallest absolute Gasteiger partial charge is 0.259 e. The van der Waals surface area contributed by atoms with Gasteiger partial charge in [-0.15, -0.1) is 0 Å². The highest BCUT2D eigenvalue weighted by Crippen LogP contribution is 2.37. The lowest BCUT2D eigenvalue weighted by Gasteiger charge is -2.23. The monoisotopic (exact) mass is 394 g/mol. The molecule has 3 aromatic rings. The van der Waals surface area contributed by atoms with Crippen LogP contribution in [0.15, 0.2) is 34.9 Å². The molecule has 4 rings (SSSR count). The predicted molar refractivity (Wildman–Crippen MR) is 106 cm³/mol. The molecule has 2 amide bonds. The number of methoxy groups -OCH3 is 1. The highest BCUT2D eigenvalue weighted by Gasteiger charge is 2.35. The van der Waals surface area contributed by atoms with Crippen LogP contribution in [0.1, 0.15) is 51.0 Å². The molecule has 1 aromatic carbocycles. The fourth-order valence-electron chi connectivity index (χ4n) is 3.83. The molecule has 1 atom stereocenters. The normalized spacial score (nSPS) is 16.2. The molecule has 8 heteroatoms. The summed E-state index contributed by atoms with van der Waals surface area (Å²) in [4.78, 5) is 31.7. The second-order valence-electron chi connectivity index (χ2n) is 7.02. The Morgan fingerprint density at radius 3 is 2.72 bits per heavy atom. The Balaban J connectivity index is 1.74. The fourth-order valence-corrected chi connectivity index (χ4v) is 3.83. The number of rotatable bonds is 4. The Morgan fingerprint density at radius 1 is 1.28 bits per heavy atom. The average Bonchev–Trinajstić information content (AvgIpc) is 3.38. The van der Waals surface area contributed by atoms with Crippen molar-refractivity contribution in [2.75, 3.05) is 20.7 Å². The second-order valence-corrected chi connectivity index (χ2v) is 7.02. The number of hydrogen-bond acceptors (Lipinski definition) is 6. The first-order valence-corrected chi connectivity index (χ1v) is 9.47. The van der Waals surface area contributed by atoms with Gasteiger partial charge >= 0.3 is 0 Å². The summed E-state index contributed by atoms with van der Waals surface area (Å²) < 4.78 is 10.6. The topological polar surface area (TPSA) is 97.6 Å². The van der Waals surface area contributed by atoms with Crippen LogP contribution in [0.2, 0.25) is 0 Å².